The molecule has 1 nitrogen and oxygen atoms in total. The largest absolute Gasteiger partial charge is 0.323 e. The highest BCUT2D eigenvalue weighted by atomic mass is 35.5. The monoisotopic (exact) mass is 319 g/mol. The Morgan fingerprint density at radius 2 is 2.00 bits per heavy atom. The van der Waals surface area contributed by atoms with Gasteiger partial charge in [-0.05, 0) is 42.0 Å². The van der Waals surface area contributed by atoms with Crippen LogP contribution >= 0.6 is 46.1 Å². The van der Waals surface area contributed by atoms with Gasteiger partial charge >= 0.3 is 0 Å². The van der Waals surface area contributed by atoms with Gasteiger partial charge in [0.25, 0.3) is 0 Å². The quantitative estimate of drug-likeness (QED) is 0.820. The molecule has 96 valence electrons. The Bertz CT molecular complexity index is 565. The lowest BCUT2D eigenvalue weighted by molar-refractivity contribution is 0.736. The summed E-state index contributed by atoms with van der Waals surface area (Å²) in [7, 11) is 0. The number of aryl methyl sites for hydroxylation is 1. The minimum absolute atomic E-state index is 0.144. The van der Waals surface area contributed by atoms with Crippen LogP contribution in [0.4, 0.5) is 0 Å². The lowest BCUT2D eigenvalue weighted by Crippen LogP contribution is -2.12. The number of benzene rings is 1. The summed E-state index contributed by atoms with van der Waals surface area (Å²) < 4.78 is 0. The second-order valence-electron chi connectivity index (χ2n) is 4.14. The Kier molecular flexibility index (Phi) is 4.57. The van der Waals surface area contributed by atoms with Gasteiger partial charge in [-0.3, -0.25) is 0 Å². The van der Waals surface area contributed by atoms with Crippen molar-refractivity contribution in [3.8, 4) is 0 Å². The lowest BCUT2D eigenvalue weighted by Gasteiger charge is -2.12. The van der Waals surface area contributed by atoms with Crippen molar-refractivity contribution in [2.24, 2.45) is 5.73 Å². The molecule has 1 aromatic heterocycles. The van der Waals surface area contributed by atoms with Crippen molar-refractivity contribution in [3.63, 3.8) is 0 Å². The van der Waals surface area contributed by atoms with Crippen LogP contribution in [-0.2, 0) is 6.42 Å². The number of rotatable bonds is 3. The third-order valence-corrected chi connectivity index (χ3v) is 5.15. The van der Waals surface area contributed by atoms with Crippen LogP contribution < -0.4 is 5.73 Å². The van der Waals surface area contributed by atoms with Gasteiger partial charge in [-0.25, -0.2) is 0 Å². The third kappa shape index (κ3) is 3.01. The molecule has 1 heterocycles. The number of hydrogen-bond acceptors (Lipinski definition) is 2. The molecule has 2 aromatic rings. The summed E-state index contributed by atoms with van der Waals surface area (Å²) in [6, 6.07) is 5.30. The molecule has 1 aromatic carbocycles. The fourth-order valence-electron chi connectivity index (χ4n) is 1.72. The van der Waals surface area contributed by atoms with Gasteiger partial charge in [-0.2, -0.15) is 0 Å². The van der Waals surface area contributed by atoms with Crippen molar-refractivity contribution in [3.05, 3.63) is 54.7 Å². The average molecular weight is 321 g/mol. The molecule has 5 heteroatoms. The highest BCUT2D eigenvalue weighted by molar-refractivity contribution is 7.10. The van der Waals surface area contributed by atoms with Crippen LogP contribution in [0.2, 0.25) is 15.1 Å². The summed E-state index contributed by atoms with van der Waals surface area (Å²) in [5.74, 6) is 0. The standard InChI is InChI=1S/C13H12Cl3NS/c1-7-6-18-13(12(7)16)11(17)4-8-2-3-9(14)5-10(8)15/h2-3,5-6,11H,4,17H2,1H3. The second kappa shape index (κ2) is 5.81. The number of halogens is 3. The Hall–Kier alpha value is -0.250. The van der Waals surface area contributed by atoms with Crippen molar-refractivity contribution >= 4 is 46.1 Å². The van der Waals surface area contributed by atoms with Crippen molar-refractivity contribution in [2.75, 3.05) is 0 Å². The molecule has 0 saturated heterocycles. The number of hydrogen-bond donors (Lipinski definition) is 1. The van der Waals surface area contributed by atoms with E-state index in [1.165, 1.54) is 0 Å². The molecular weight excluding hydrogens is 309 g/mol. The van der Waals surface area contributed by atoms with E-state index in [4.69, 9.17) is 40.5 Å². The Morgan fingerprint density at radius 1 is 1.28 bits per heavy atom. The summed E-state index contributed by atoms with van der Waals surface area (Å²) >= 11 is 19.8. The fraction of sp³-hybridized carbons (Fsp3) is 0.231. The predicted octanol–water partition coefficient (Wildman–Crippen LogP) is 5.26. The van der Waals surface area contributed by atoms with E-state index < -0.39 is 0 Å². The molecule has 0 fully saturated rings. The maximum absolute atomic E-state index is 6.21. The Balaban J connectivity index is 2.21. The first-order valence-electron chi connectivity index (χ1n) is 5.42. The number of thiophene rings is 1. The first-order valence-corrected chi connectivity index (χ1v) is 7.43. The Morgan fingerprint density at radius 3 is 2.56 bits per heavy atom. The minimum atomic E-state index is -0.144. The van der Waals surface area contributed by atoms with Crippen molar-refractivity contribution in [1.29, 1.82) is 0 Å². The smallest absolute Gasteiger partial charge is 0.0590 e. The van der Waals surface area contributed by atoms with Crippen LogP contribution in [0.3, 0.4) is 0 Å². The maximum atomic E-state index is 6.21. The summed E-state index contributed by atoms with van der Waals surface area (Å²) in [5, 5.41) is 4.04. The maximum Gasteiger partial charge on any atom is 0.0590 e. The second-order valence-corrected chi connectivity index (χ2v) is 6.28. The molecule has 0 spiro atoms. The lowest BCUT2D eigenvalue weighted by atomic mass is 10.0. The minimum Gasteiger partial charge on any atom is -0.323 e. The zero-order valence-corrected chi connectivity index (χ0v) is 12.8. The van der Waals surface area contributed by atoms with Gasteiger partial charge in [0.05, 0.1) is 5.02 Å². The van der Waals surface area contributed by atoms with Gasteiger partial charge in [0.2, 0.25) is 0 Å². The van der Waals surface area contributed by atoms with Gasteiger partial charge in [0.1, 0.15) is 0 Å². The van der Waals surface area contributed by atoms with E-state index in [1.54, 1.807) is 17.4 Å². The molecule has 2 N–H and O–H groups in total. The van der Waals surface area contributed by atoms with Gasteiger partial charge in [-0.15, -0.1) is 11.3 Å². The Labute approximate surface area is 125 Å². The summed E-state index contributed by atoms with van der Waals surface area (Å²) in [5.41, 5.74) is 8.23. The van der Waals surface area contributed by atoms with Crippen LogP contribution in [0.25, 0.3) is 0 Å². The summed E-state index contributed by atoms with van der Waals surface area (Å²) in [6.07, 6.45) is 0.648. The van der Waals surface area contributed by atoms with Gasteiger partial charge in [0.15, 0.2) is 0 Å². The highest BCUT2D eigenvalue weighted by Crippen LogP contribution is 2.34. The molecule has 0 aliphatic heterocycles. The molecule has 2 rings (SSSR count). The molecule has 0 bridgehead atoms. The molecule has 0 radical (unpaired) electrons. The summed E-state index contributed by atoms with van der Waals surface area (Å²) in [4.78, 5) is 1.00. The van der Waals surface area contributed by atoms with Gasteiger partial charge in [0, 0.05) is 21.0 Å². The van der Waals surface area contributed by atoms with Crippen LogP contribution in [0.5, 0.6) is 0 Å². The van der Waals surface area contributed by atoms with E-state index in [2.05, 4.69) is 0 Å². The molecular formula is C13H12Cl3NS. The van der Waals surface area contributed by atoms with Crippen molar-refractivity contribution in [1.82, 2.24) is 0 Å². The van der Waals surface area contributed by atoms with E-state index in [0.29, 0.717) is 16.5 Å². The highest BCUT2D eigenvalue weighted by Gasteiger charge is 2.16. The summed E-state index contributed by atoms with van der Waals surface area (Å²) in [6.45, 7) is 1.98. The number of nitrogens with two attached hydrogens (primary N) is 1. The zero-order valence-electron chi connectivity index (χ0n) is 9.71. The predicted molar refractivity (Wildman–Crippen MR) is 81.2 cm³/mol. The van der Waals surface area contributed by atoms with Crippen LogP contribution in [0.1, 0.15) is 22.0 Å². The van der Waals surface area contributed by atoms with E-state index in [-0.39, 0.29) is 6.04 Å². The van der Waals surface area contributed by atoms with E-state index >= 15 is 0 Å². The van der Waals surface area contributed by atoms with Gasteiger partial charge < -0.3 is 5.73 Å². The van der Waals surface area contributed by atoms with Gasteiger partial charge in [-0.1, -0.05) is 40.9 Å². The van der Waals surface area contributed by atoms with Crippen LogP contribution in [0.15, 0.2) is 23.6 Å². The molecule has 0 aliphatic rings. The molecule has 0 saturated carbocycles. The van der Waals surface area contributed by atoms with E-state index in [0.717, 1.165) is 21.0 Å². The fourth-order valence-corrected chi connectivity index (χ4v) is 3.54. The normalized spacial score (nSPS) is 12.7. The van der Waals surface area contributed by atoms with E-state index in [1.807, 2.05) is 24.4 Å². The van der Waals surface area contributed by atoms with Crippen molar-refractivity contribution in [2.45, 2.75) is 19.4 Å². The van der Waals surface area contributed by atoms with Crippen LogP contribution in [0, 0.1) is 6.92 Å². The van der Waals surface area contributed by atoms with Crippen molar-refractivity contribution < 1.29 is 0 Å². The average Bonchev–Trinajstić information content (AvgIpc) is 2.64. The molecule has 18 heavy (non-hydrogen) atoms. The molecule has 1 unspecified atom stereocenters. The first kappa shape index (κ1) is 14.2. The molecule has 0 aliphatic carbocycles. The first-order chi connectivity index (χ1) is 8.49. The topological polar surface area (TPSA) is 26.0 Å². The molecule has 0 amide bonds. The third-order valence-electron chi connectivity index (χ3n) is 2.72. The molecule has 1 atom stereocenters. The van der Waals surface area contributed by atoms with E-state index in [9.17, 15) is 0 Å². The van der Waals surface area contributed by atoms with Crippen LogP contribution in [-0.4, -0.2) is 0 Å². The zero-order chi connectivity index (χ0) is 13.3. The SMILES string of the molecule is Cc1csc(C(N)Cc2ccc(Cl)cc2Cl)c1Cl.